The first kappa shape index (κ1) is 16.0. The van der Waals surface area contributed by atoms with Crippen molar-refractivity contribution in [1.29, 1.82) is 0 Å². The number of aliphatic carboxylic acids is 2. The zero-order valence-corrected chi connectivity index (χ0v) is 11.9. The van der Waals surface area contributed by atoms with E-state index < -0.39 is 28.4 Å². The van der Waals surface area contributed by atoms with E-state index in [-0.39, 0.29) is 28.3 Å². The van der Waals surface area contributed by atoms with E-state index in [0.717, 1.165) is 0 Å². The number of para-hydroxylation sites is 1. The fraction of sp³-hybridized carbons (Fsp3) is 0.143. The highest BCUT2D eigenvalue weighted by molar-refractivity contribution is 5.98. The Bertz CT molecular complexity index is 744. The molecule has 0 bridgehead atoms. The number of nitro groups is 1. The third kappa shape index (κ3) is 2.71. The Hall–Kier alpha value is -3.36. The van der Waals surface area contributed by atoms with Crippen molar-refractivity contribution < 1.29 is 24.7 Å². The average molecular weight is 319 g/mol. The molecular weight excluding hydrogens is 306 g/mol. The number of nitrogens with zero attached hydrogens (tertiary/aromatic N) is 1. The maximum Gasteiger partial charge on any atom is 0.336 e. The zero-order valence-electron chi connectivity index (χ0n) is 11.9. The number of hydrogen-bond acceptors (Lipinski definition) is 6. The number of benzene rings is 1. The van der Waals surface area contributed by atoms with Gasteiger partial charge in [-0.2, -0.15) is 0 Å². The van der Waals surface area contributed by atoms with Gasteiger partial charge >= 0.3 is 11.9 Å². The second-order valence-electron chi connectivity index (χ2n) is 4.85. The molecule has 0 fully saturated rings. The molecule has 9 heteroatoms. The van der Waals surface area contributed by atoms with Gasteiger partial charge in [0.1, 0.15) is 5.82 Å². The van der Waals surface area contributed by atoms with Gasteiger partial charge in [0.2, 0.25) is 0 Å². The molecule has 1 aliphatic heterocycles. The van der Waals surface area contributed by atoms with Crippen LogP contribution in [0.3, 0.4) is 0 Å². The van der Waals surface area contributed by atoms with E-state index in [0.29, 0.717) is 0 Å². The minimum Gasteiger partial charge on any atom is -0.478 e. The van der Waals surface area contributed by atoms with Gasteiger partial charge in [0.25, 0.3) is 5.69 Å². The van der Waals surface area contributed by atoms with Crippen molar-refractivity contribution in [3.63, 3.8) is 0 Å². The monoisotopic (exact) mass is 319 g/mol. The highest BCUT2D eigenvalue weighted by Crippen LogP contribution is 2.40. The highest BCUT2D eigenvalue weighted by atomic mass is 16.6. The molecule has 2 rings (SSSR count). The van der Waals surface area contributed by atoms with Gasteiger partial charge in [-0.05, 0) is 6.92 Å². The Morgan fingerprint density at radius 2 is 1.78 bits per heavy atom. The lowest BCUT2D eigenvalue weighted by Gasteiger charge is -2.27. The van der Waals surface area contributed by atoms with E-state index in [1.807, 2.05) is 0 Å². The molecule has 1 aliphatic rings. The molecule has 1 atom stereocenters. The Kier molecular flexibility index (Phi) is 4.04. The molecule has 0 radical (unpaired) electrons. The fourth-order valence-electron chi connectivity index (χ4n) is 2.58. The van der Waals surface area contributed by atoms with Gasteiger partial charge in [0.15, 0.2) is 0 Å². The van der Waals surface area contributed by atoms with E-state index in [1.165, 1.54) is 31.2 Å². The fourth-order valence-corrected chi connectivity index (χ4v) is 2.58. The second kappa shape index (κ2) is 5.79. The van der Waals surface area contributed by atoms with Crippen molar-refractivity contribution in [3.05, 3.63) is 62.6 Å². The molecule has 0 aromatic heterocycles. The summed E-state index contributed by atoms with van der Waals surface area (Å²) in [4.78, 5) is 33.6. The van der Waals surface area contributed by atoms with Crippen LogP contribution in [0, 0.1) is 10.1 Å². The number of nitrogens with two attached hydrogens (primary N) is 1. The minimum atomic E-state index is -1.45. The molecular formula is C14H13N3O6. The zero-order chi connectivity index (χ0) is 17.3. The highest BCUT2D eigenvalue weighted by Gasteiger charge is 2.40. The summed E-state index contributed by atoms with van der Waals surface area (Å²) in [7, 11) is 0. The summed E-state index contributed by atoms with van der Waals surface area (Å²) < 4.78 is 0. The smallest absolute Gasteiger partial charge is 0.336 e. The van der Waals surface area contributed by atoms with E-state index in [4.69, 9.17) is 5.73 Å². The molecule has 23 heavy (non-hydrogen) atoms. The van der Waals surface area contributed by atoms with Crippen molar-refractivity contribution in [1.82, 2.24) is 5.32 Å². The van der Waals surface area contributed by atoms with Crippen LogP contribution in [0.5, 0.6) is 0 Å². The molecule has 0 saturated carbocycles. The normalized spacial score (nSPS) is 17.7. The number of rotatable bonds is 4. The summed E-state index contributed by atoms with van der Waals surface area (Å²) in [5.41, 5.74) is 4.64. The molecule has 0 saturated heterocycles. The SMILES string of the molecule is CC1=C(C(=O)O)[C@@H](c2ccccc2[N+](=O)[O-])C(C(=O)O)=C(N)N1. The number of carboxylic acid groups (broad SMARTS) is 2. The summed E-state index contributed by atoms with van der Waals surface area (Å²) in [6, 6.07) is 5.38. The van der Waals surface area contributed by atoms with E-state index in [9.17, 15) is 29.9 Å². The number of hydrogen-bond donors (Lipinski definition) is 4. The number of carbonyl (C=O) groups is 2. The van der Waals surface area contributed by atoms with Crippen molar-refractivity contribution in [2.24, 2.45) is 5.73 Å². The molecule has 0 amide bonds. The van der Waals surface area contributed by atoms with Gasteiger partial charge in [0, 0.05) is 17.3 Å². The summed E-state index contributed by atoms with van der Waals surface area (Å²) >= 11 is 0. The third-order valence-electron chi connectivity index (χ3n) is 3.50. The lowest BCUT2D eigenvalue weighted by atomic mass is 9.80. The lowest BCUT2D eigenvalue weighted by Crippen LogP contribution is -2.35. The van der Waals surface area contributed by atoms with Crippen molar-refractivity contribution in [3.8, 4) is 0 Å². The van der Waals surface area contributed by atoms with Crippen LogP contribution in [0.2, 0.25) is 0 Å². The number of carboxylic acids is 2. The van der Waals surface area contributed by atoms with Gasteiger partial charge in [-0.3, -0.25) is 10.1 Å². The number of dihydropyridines is 1. The standard InChI is InChI=1S/C14H13N3O6/c1-6-9(13(18)19)10(11(14(20)21)12(15)16-6)7-4-2-3-5-8(7)17(22)23/h2-5,10,16H,15H2,1H3,(H,18,19)(H,20,21)/t10-/m1/s1. The second-order valence-corrected chi connectivity index (χ2v) is 4.85. The molecule has 1 aromatic rings. The maximum absolute atomic E-state index is 11.6. The molecule has 1 aromatic carbocycles. The van der Waals surface area contributed by atoms with E-state index >= 15 is 0 Å². The molecule has 5 N–H and O–H groups in total. The molecule has 0 unspecified atom stereocenters. The Balaban J connectivity index is 2.81. The first-order valence-corrected chi connectivity index (χ1v) is 6.43. The molecule has 120 valence electrons. The molecule has 1 heterocycles. The van der Waals surface area contributed by atoms with Crippen LogP contribution in [-0.4, -0.2) is 27.1 Å². The van der Waals surface area contributed by atoms with Crippen LogP contribution in [0.25, 0.3) is 0 Å². The topological polar surface area (TPSA) is 156 Å². The largest absolute Gasteiger partial charge is 0.478 e. The molecule has 9 nitrogen and oxygen atoms in total. The van der Waals surface area contributed by atoms with Crippen LogP contribution in [0.4, 0.5) is 5.69 Å². The van der Waals surface area contributed by atoms with Crippen LogP contribution in [0.1, 0.15) is 18.4 Å². The predicted molar refractivity (Wildman–Crippen MR) is 78.2 cm³/mol. The van der Waals surface area contributed by atoms with Crippen LogP contribution in [-0.2, 0) is 9.59 Å². The van der Waals surface area contributed by atoms with Crippen molar-refractivity contribution >= 4 is 17.6 Å². The predicted octanol–water partition coefficient (Wildman–Crippen LogP) is 0.895. The Morgan fingerprint density at radius 1 is 1.22 bits per heavy atom. The third-order valence-corrected chi connectivity index (χ3v) is 3.50. The first-order valence-electron chi connectivity index (χ1n) is 6.43. The number of nitro benzene ring substituents is 1. The first-order chi connectivity index (χ1) is 10.8. The van der Waals surface area contributed by atoms with E-state index in [2.05, 4.69) is 5.32 Å². The molecule has 0 aliphatic carbocycles. The summed E-state index contributed by atoms with van der Waals surface area (Å²) in [5, 5.41) is 32.5. The van der Waals surface area contributed by atoms with Gasteiger partial charge in [0.05, 0.1) is 22.0 Å². The van der Waals surface area contributed by atoms with Gasteiger partial charge < -0.3 is 21.3 Å². The van der Waals surface area contributed by atoms with Crippen LogP contribution >= 0.6 is 0 Å². The van der Waals surface area contributed by atoms with Gasteiger partial charge in [-0.25, -0.2) is 9.59 Å². The lowest BCUT2D eigenvalue weighted by molar-refractivity contribution is -0.385. The maximum atomic E-state index is 11.6. The number of nitrogens with one attached hydrogen (secondary N) is 1. The summed E-state index contributed by atoms with van der Waals surface area (Å²) in [6.07, 6.45) is 0. The minimum absolute atomic E-state index is 0.0453. The van der Waals surface area contributed by atoms with E-state index in [1.54, 1.807) is 0 Å². The summed E-state index contributed by atoms with van der Waals surface area (Å²) in [6.45, 7) is 1.41. The Labute approximate surface area is 129 Å². The van der Waals surface area contributed by atoms with Gasteiger partial charge in [-0.1, -0.05) is 18.2 Å². The quantitative estimate of drug-likeness (QED) is 0.471. The van der Waals surface area contributed by atoms with Crippen molar-refractivity contribution in [2.75, 3.05) is 0 Å². The Morgan fingerprint density at radius 3 is 2.30 bits per heavy atom. The molecule has 0 spiro atoms. The average Bonchev–Trinajstić information content (AvgIpc) is 2.45. The van der Waals surface area contributed by atoms with Gasteiger partial charge in [-0.15, -0.1) is 0 Å². The summed E-state index contributed by atoms with van der Waals surface area (Å²) in [5.74, 6) is -4.44. The van der Waals surface area contributed by atoms with Crippen LogP contribution in [0.15, 0.2) is 46.9 Å². The van der Waals surface area contributed by atoms with Crippen LogP contribution < -0.4 is 11.1 Å². The number of allylic oxidation sites excluding steroid dienone is 1. The van der Waals surface area contributed by atoms with Crippen molar-refractivity contribution in [2.45, 2.75) is 12.8 Å².